The van der Waals surface area contributed by atoms with Gasteiger partial charge in [-0.25, -0.2) is 4.79 Å². The summed E-state index contributed by atoms with van der Waals surface area (Å²) >= 11 is 0. The zero-order chi connectivity index (χ0) is 21.2. The number of carbonyl (C=O) groups is 4. The Morgan fingerprint density at radius 1 is 0.897 bits per heavy atom. The lowest BCUT2D eigenvalue weighted by molar-refractivity contribution is -0.145. The maximum Gasteiger partial charge on any atom is 0.328 e. The van der Waals surface area contributed by atoms with Gasteiger partial charge in [0.05, 0.1) is 13.5 Å². The van der Waals surface area contributed by atoms with Crippen molar-refractivity contribution in [2.24, 2.45) is 0 Å². The number of amides is 2. The van der Waals surface area contributed by atoms with Gasteiger partial charge >= 0.3 is 11.9 Å². The summed E-state index contributed by atoms with van der Waals surface area (Å²) in [6.45, 7) is 0. The largest absolute Gasteiger partial charge is 0.481 e. The first-order chi connectivity index (χ1) is 13.9. The molecule has 0 aromatic heterocycles. The molecule has 0 heterocycles. The molecule has 0 unspecified atom stereocenters. The number of carboxylic acid groups (broad SMARTS) is 1. The Labute approximate surface area is 167 Å². The summed E-state index contributed by atoms with van der Waals surface area (Å²) in [6, 6.07) is 14.7. The number of hydrogen-bond donors (Lipinski definition) is 3. The van der Waals surface area contributed by atoms with Crippen LogP contribution in [0.1, 0.15) is 22.3 Å². The molecule has 0 radical (unpaired) electrons. The zero-order valence-electron chi connectivity index (χ0n) is 15.8. The van der Waals surface area contributed by atoms with Crippen molar-refractivity contribution < 1.29 is 29.0 Å². The monoisotopic (exact) mass is 398 g/mol. The van der Waals surface area contributed by atoms with E-state index < -0.39 is 42.3 Å². The molecule has 3 N–H and O–H groups in total. The van der Waals surface area contributed by atoms with Crippen molar-refractivity contribution in [2.75, 3.05) is 7.11 Å². The number of esters is 1. The van der Waals surface area contributed by atoms with Crippen LogP contribution >= 0.6 is 0 Å². The molecule has 0 aliphatic carbocycles. The fourth-order valence-corrected chi connectivity index (χ4v) is 2.67. The highest BCUT2D eigenvalue weighted by Crippen LogP contribution is 2.06. The minimum Gasteiger partial charge on any atom is -0.481 e. The quantitative estimate of drug-likeness (QED) is 0.545. The highest BCUT2D eigenvalue weighted by atomic mass is 16.5. The number of benzene rings is 2. The number of aliphatic carboxylic acids is 1. The zero-order valence-corrected chi connectivity index (χ0v) is 15.8. The predicted molar refractivity (Wildman–Crippen MR) is 104 cm³/mol. The maximum atomic E-state index is 12.7. The fraction of sp³-hybridized carbons (Fsp3) is 0.238. The van der Waals surface area contributed by atoms with Gasteiger partial charge < -0.3 is 20.5 Å². The summed E-state index contributed by atoms with van der Waals surface area (Å²) in [5.41, 5.74) is 1.07. The van der Waals surface area contributed by atoms with Crippen LogP contribution in [0.15, 0.2) is 60.7 Å². The number of carbonyl (C=O) groups excluding carboxylic acids is 3. The maximum absolute atomic E-state index is 12.7. The molecule has 8 heteroatoms. The van der Waals surface area contributed by atoms with Gasteiger partial charge in [-0.2, -0.15) is 0 Å². The van der Waals surface area contributed by atoms with Crippen LogP contribution in [0.4, 0.5) is 0 Å². The van der Waals surface area contributed by atoms with Crippen molar-refractivity contribution in [3.8, 4) is 0 Å². The van der Waals surface area contributed by atoms with E-state index in [1.807, 2.05) is 6.07 Å². The number of hydrogen-bond acceptors (Lipinski definition) is 5. The van der Waals surface area contributed by atoms with Crippen LogP contribution in [0, 0.1) is 0 Å². The van der Waals surface area contributed by atoms with Gasteiger partial charge in [0.2, 0.25) is 5.91 Å². The van der Waals surface area contributed by atoms with E-state index in [9.17, 15) is 19.2 Å². The Morgan fingerprint density at radius 2 is 1.48 bits per heavy atom. The average molecular weight is 398 g/mol. The summed E-state index contributed by atoms with van der Waals surface area (Å²) in [4.78, 5) is 48.3. The minimum atomic E-state index is -1.36. The topological polar surface area (TPSA) is 122 Å². The van der Waals surface area contributed by atoms with Gasteiger partial charge in [-0.1, -0.05) is 48.5 Å². The Kier molecular flexibility index (Phi) is 7.90. The average Bonchev–Trinajstić information content (AvgIpc) is 2.73. The van der Waals surface area contributed by atoms with Crippen molar-refractivity contribution in [3.63, 3.8) is 0 Å². The van der Waals surface area contributed by atoms with Crippen LogP contribution in [0.5, 0.6) is 0 Å². The van der Waals surface area contributed by atoms with E-state index >= 15 is 0 Å². The summed E-state index contributed by atoms with van der Waals surface area (Å²) in [5, 5.41) is 14.0. The van der Waals surface area contributed by atoms with Crippen molar-refractivity contribution >= 4 is 23.8 Å². The minimum absolute atomic E-state index is 0.158. The molecule has 0 spiro atoms. The van der Waals surface area contributed by atoms with E-state index in [0.29, 0.717) is 0 Å². The van der Waals surface area contributed by atoms with Crippen LogP contribution in [0.25, 0.3) is 0 Å². The van der Waals surface area contributed by atoms with Gasteiger partial charge in [0.1, 0.15) is 12.1 Å². The van der Waals surface area contributed by atoms with Gasteiger partial charge in [-0.05, 0) is 17.7 Å². The second-order valence-corrected chi connectivity index (χ2v) is 6.26. The number of carboxylic acids is 1. The first-order valence-corrected chi connectivity index (χ1v) is 8.90. The normalized spacial score (nSPS) is 12.3. The van der Waals surface area contributed by atoms with Crippen molar-refractivity contribution in [3.05, 3.63) is 71.8 Å². The van der Waals surface area contributed by atoms with Crippen LogP contribution in [-0.4, -0.2) is 48.1 Å². The molecule has 0 fully saturated rings. The number of methoxy groups -OCH3 is 1. The van der Waals surface area contributed by atoms with E-state index in [1.165, 1.54) is 19.2 Å². The van der Waals surface area contributed by atoms with Crippen LogP contribution in [0.2, 0.25) is 0 Å². The summed E-state index contributed by atoms with van der Waals surface area (Å²) in [5.74, 6) is -3.32. The molecule has 2 rings (SSSR count). The SMILES string of the molecule is COC(=O)[C@H](Cc1ccccc1)NC(=O)[C@H](CC(=O)O)NC(=O)c1ccccc1. The van der Waals surface area contributed by atoms with E-state index in [0.717, 1.165) is 5.56 Å². The van der Waals surface area contributed by atoms with Crippen LogP contribution < -0.4 is 10.6 Å². The molecule has 0 aliphatic rings. The summed E-state index contributed by atoms with van der Waals surface area (Å²) < 4.78 is 4.74. The summed E-state index contributed by atoms with van der Waals surface area (Å²) in [6.07, 6.45) is -0.477. The third-order valence-electron chi connectivity index (χ3n) is 4.12. The first kappa shape index (κ1) is 21.6. The van der Waals surface area contributed by atoms with Gasteiger partial charge in [0.25, 0.3) is 5.91 Å². The van der Waals surface area contributed by atoms with Gasteiger partial charge in [-0.3, -0.25) is 14.4 Å². The Morgan fingerprint density at radius 3 is 2.03 bits per heavy atom. The molecule has 2 amide bonds. The van der Waals surface area contributed by atoms with Gasteiger partial charge in [0.15, 0.2) is 0 Å². The third-order valence-corrected chi connectivity index (χ3v) is 4.12. The van der Waals surface area contributed by atoms with Crippen molar-refractivity contribution in [1.82, 2.24) is 10.6 Å². The number of nitrogens with one attached hydrogen (secondary N) is 2. The lowest BCUT2D eigenvalue weighted by Gasteiger charge is -2.21. The fourth-order valence-electron chi connectivity index (χ4n) is 2.67. The van der Waals surface area contributed by atoms with Crippen molar-refractivity contribution in [2.45, 2.75) is 24.9 Å². The number of rotatable bonds is 9. The molecule has 2 aromatic rings. The first-order valence-electron chi connectivity index (χ1n) is 8.90. The van der Waals surface area contributed by atoms with Gasteiger partial charge in [0, 0.05) is 12.0 Å². The van der Waals surface area contributed by atoms with Crippen LogP contribution in [-0.2, 0) is 25.5 Å². The highest BCUT2D eigenvalue weighted by Gasteiger charge is 2.29. The molecular formula is C21H22N2O6. The second-order valence-electron chi connectivity index (χ2n) is 6.26. The lowest BCUT2D eigenvalue weighted by Crippen LogP contribution is -2.53. The third kappa shape index (κ3) is 6.76. The molecule has 8 nitrogen and oxygen atoms in total. The molecular weight excluding hydrogens is 376 g/mol. The summed E-state index contributed by atoms with van der Waals surface area (Å²) in [7, 11) is 1.19. The lowest BCUT2D eigenvalue weighted by atomic mass is 10.0. The second kappa shape index (κ2) is 10.6. The molecule has 2 atom stereocenters. The van der Waals surface area contributed by atoms with Crippen LogP contribution in [0.3, 0.4) is 0 Å². The predicted octanol–water partition coefficient (Wildman–Crippen LogP) is 1.16. The molecule has 0 aliphatic heterocycles. The van der Waals surface area contributed by atoms with E-state index in [-0.39, 0.29) is 12.0 Å². The Balaban J connectivity index is 2.14. The Hall–Kier alpha value is -3.68. The standard InChI is InChI=1S/C21H22N2O6/c1-29-21(28)17(12-14-8-4-2-5-9-14)23-20(27)16(13-18(24)25)22-19(26)15-10-6-3-7-11-15/h2-11,16-17H,12-13H2,1H3,(H,22,26)(H,23,27)(H,24,25)/t16-,17-/m0/s1. The highest BCUT2D eigenvalue weighted by molar-refractivity contribution is 5.99. The molecule has 0 saturated heterocycles. The number of ether oxygens (including phenoxy) is 1. The molecule has 0 bridgehead atoms. The van der Waals surface area contributed by atoms with E-state index in [4.69, 9.17) is 9.84 Å². The molecule has 2 aromatic carbocycles. The Bertz CT molecular complexity index is 854. The van der Waals surface area contributed by atoms with Crippen molar-refractivity contribution in [1.29, 1.82) is 0 Å². The van der Waals surface area contributed by atoms with Gasteiger partial charge in [-0.15, -0.1) is 0 Å². The molecule has 152 valence electrons. The van der Waals surface area contributed by atoms with E-state index in [2.05, 4.69) is 10.6 Å². The van der Waals surface area contributed by atoms with E-state index in [1.54, 1.807) is 42.5 Å². The smallest absolute Gasteiger partial charge is 0.328 e. The molecule has 0 saturated carbocycles. The molecule has 29 heavy (non-hydrogen) atoms.